The maximum atomic E-state index is 13.9. The third kappa shape index (κ3) is 5.09. The van der Waals surface area contributed by atoms with Crippen LogP contribution in [0.3, 0.4) is 0 Å². The van der Waals surface area contributed by atoms with Gasteiger partial charge in [-0.25, -0.2) is 4.79 Å². The lowest BCUT2D eigenvalue weighted by Crippen LogP contribution is -2.27. The average Bonchev–Trinajstić information content (AvgIpc) is 3.39. The molecule has 2 aromatic heterocycles. The number of carboxylic acids is 1. The van der Waals surface area contributed by atoms with Crippen LogP contribution in [0.2, 0.25) is 0 Å². The van der Waals surface area contributed by atoms with Crippen molar-refractivity contribution in [2.45, 2.75) is 19.4 Å². The Balaban J connectivity index is 1.39. The van der Waals surface area contributed by atoms with E-state index in [1.165, 1.54) is 0 Å². The molecular weight excluding hydrogens is 516 g/mol. The first-order chi connectivity index (χ1) is 19.5. The summed E-state index contributed by atoms with van der Waals surface area (Å²) in [5.74, 6) is -1.15. The van der Waals surface area contributed by atoms with Crippen molar-refractivity contribution in [2.24, 2.45) is 0 Å². The minimum Gasteiger partial charge on any atom is -0.478 e. The molecule has 0 saturated carbocycles. The van der Waals surface area contributed by atoms with Crippen molar-refractivity contribution in [3.8, 4) is 11.1 Å². The van der Waals surface area contributed by atoms with Crippen molar-refractivity contribution in [1.82, 2.24) is 10.3 Å². The van der Waals surface area contributed by atoms with Crippen LogP contribution in [0.25, 0.3) is 32.1 Å². The number of fused-ring (bicyclic) bond motifs is 2. The van der Waals surface area contributed by atoms with Gasteiger partial charge in [0.15, 0.2) is 0 Å². The number of hydrogen-bond acceptors (Lipinski definition) is 4. The van der Waals surface area contributed by atoms with Crippen LogP contribution in [0.5, 0.6) is 0 Å². The number of pyridine rings is 1. The fourth-order valence-electron chi connectivity index (χ4n) is 5.04. The van der Waals surface area contributed by atoms with Gasteiger partial charge >= 0.3 is 5.97 Å². The van der Waals surface area contributed by atoms with Crippen LogP contribution < -0.4 is 5.32 Å². The molecule has 2 N–H and O–H groups in total. The summed E-state index contributed by atoms with van der Waals surface area (Å²) in [6, 6.07) is 30.7. The summed E-state index contributed by atoms with van der Waals surface area (Å²) < 4.78 is 1.05. The van der Waals surface area contributed by atoms with E-state index in [1.807, 2.05) is 67.7 Å². The summed E-state index contributed by atoms with van der Waals surface area (Å²) in [7, 11) is 0. The van der Waals surface area contributed by atoms with E-state index < -0.39 is 5.97 Å². The molecule has 0 aliphatic rings. The lowest BCUT2D eigenvalue weighted by atomic mass is 9.95. The highest BCUT2D eigenvalue weighted by Gasteiger charge is 2.20. The molecule has 0 radical (unpaired) electrons. The number of para-hydroxylation sites is 1. The van der Waals surface area contributed by atoms with Crippen molar-refractivity contribution < 1.29 is 14.7 Å². The summed E-state index contributed by atoms with van der Waals surface area (Å²) in [4.78, 5) is 29.7. The summed E-state index contributed by atoms with van der Waals surface area (Å²) in [6.07, 6.45) is 2.57. The minimum absolute atomic E-state index is 0.172. The van der Waals surface area contributed by atoms with E-state index in [2.05, 4.69) is 33.9 Å². The molecule has 6 heteroatoms. The molecule has 0 aliphatic carbocycles. The van der Waals surface area contributed by atoms with E-state index in [9.17, 15) is 14.7 Å². The number of carboxylic acid groups (broad SMARTS) is 1. The first kappa shape index (κ1) is 25.5. The van der Waals surface area contributed by atoms with E-state index >= 15 is 0 Å². The number of nitrogens with one attached hydrogen (secondary N) is 1. The predicted molar refractivity (Wildman–Crippen MR) is 161 cm³/mol. The summed E-state index contributed by atoms with van der Waals surface area (Å²) >= 11 is 1.64. The van der Waals surface area contributed by atoms with Gasteiger partial charge in [0, 0.05) is 33.7 Å². The van der Waals surface area contributed by atoms with Crippen molar-refractivity contribution in [3.63, 3.8) is 0 Å². The normalized spacial score (nSPS) is 11.9. The molecule has 40 heavy (non-hydrogen) atoms. The van der Waals surface area contributed by atoms with Crippen LogP contribution in [0, 0.1) is 0 Å². The smallest absolute Gasteiger partial charge is 0.335 e. The standard InChI is InChI=1S/C34H26N2O3S/c1-21(23-11-13-25(14-12-23)34(38)39)36-33(37)29-17-27(24-7-3-2-4-8-24)18-31-32(29)28(20-40-31)16-22-15-26-9-5-6-10-30(26)35-19-22/h2-15,17-21H,16H2,1H3,(H,36,37)(H,38,39)/t21-/m0/s1. The van der Waals surface area contributed by atoms with Crippen molar-refractivity contribution >= 4 is 44.2 Å². The maximum absolute atomic E-state index is 13.9. The maximum Gasteiger partial charge on any atom is 0.335 e. The molecule has 5 nitrogen and oxygen atoms in total. The van der Waals surface area contributed by atoms with Crippen LogP contribution in [-0.2, 0) is 6.42 Å². The Kier molecular flexibility index (Phi) is 6.84. The number of aromatic nitrogens is 1. The van der Waals surface area contributed by atoms with Crippen LogP contribution in [0.1, 0.15) is 50.4 Å². The fourth-order valence-corrected chi connectivity index (χ4v) is 6.07. The van der Waals surface area contributed by atoms with Gasteiger partial charge in [-0.3, -0.25) is 9.78 Å². The van der Waals surface area contributed by atoms with Gasteiger partial charge in [0.05, 0.1) is 17.1 Å². The largest absolute Gasteiger partial charge is 0.478 e. The molecule has 0 saturated heterocycles. The summed E-state index contributed by atoms with van der Waals surface area (Å²) in [6.45, 7) is 1.90. The highest BCUT2D eigenvalue weighted by Crippen LogP contribution is 2.36. The van der Waals surface area contributed by atoms with Gasteiger partial charge in [-0.15, -0.1) is 11.3 Å². The molecule has 1 atom stereocenters. The zero-order valence-electron chi connectivity index (χ0n) is 21.8. The number of nitrogens with zero attached hydrogens (tertiary/aromatic N) is 1. The number of benzene rings is 4. The first-order valence-corrected chi connectivity index (χ1v) is 13.9. The molecule has 0 spiro atoms. The van der Waals surface area contributed by atoms with E-state index in [-0.39, 0.29) is 17.5 Å². The lowest BCUT2D eigenvalue weighted by Gasteiger charge is -2.16. The monoisotopic (exact) mass is 542 g/mol. The second kappa shape index (κ2) is 10.8. The number of carbonyl (C=O) groups is 2. The fraction of sp³-hybridized carbons (Fsp3) is 0.0882. The minimum atomic E-state index is -0.977. The molecule has 6 rings (SSSR count). The SMILES string of the molecule is C[C@H](NC(=O)c1cc(-c2ccccc2)cc2scc(Cc3cnc4ccccc4c3)c12)c1ccc(C(=O)O)cc1. The first-order valence-electron chi connectivity index (χ1n) is 13.0. The number of hydrogen-bond donors (Lipinski definition) is 2. The van der Waals surface area contributed by atoms with Gasteiger partial charge in [0.1, 0.15) is 0 Å². The third-order valence-corrected chi connectivity index (χ3v) is 8.13. The highest BCUT2D eigenvalue weighted by molar-refractivity contribution is 7.17. The van der Waals surface area contributed by atoms with Crippen molar-refractivity contribution in [2.75, 3.05) is 0 Å². The Bertz CT molecular complexity index is 1860. The Labute approximate surface area is 235 Å². The number of aromatic carboxylic acids is 1. The molecule has 4 aromatic carbocycles. The molecule has 196 valence electrons. The van der Waals surface area contributed by atoms with Gasteiger partial charge in [-0.1, -0.05) is 60.7 Å². The van der Waals surface area contributed by atoms with Crippen LogP contribution in [0.4, 0.5) is 0 Å². The molecule has 0 unspecified atom stereocenters. The second-order valence-corrected chi connectivity index (χ2v) is 10.8. The number of amides is 1. The molecule has 0 aliphatic heterocycles. The zero-order valence-corrected chi connectivity index (χ0v) is 22.6. The second-order valence-electron chi connectivity index (χ2n) is 9.86. The Morgan fingerprint density at radius 3 is 2.42 bits per heavy atom. The van der Waals surface area contributed by atoms with Gasteiger partial charge in [-0.2, -0.15) is 0 Å². The van der Waals surface area contributed by atoms with Gasteiger partial charge in [0.2, 0.25) is 0 Å². The van der Waals surface area contributed by atoms with Crippen LogP contribution >= 0.6 is 11.3 Å². The molecule has 2 heterocycles. The Hall–Kier alpha value is -4.81. The van der Waals surface area contributed by atoms with E-state index in [0.717, 1.165) is 48.8 Å². The summed E-state index contributed by atoms with van der Waals surface area (Å²) in [5, 5.41) is 16.5. The lowest BCUT2D eigenvalue weighted by molar-refractivity contribution is 0.0696. The van der Waals surface area contributed by atoms with E-state index in [1.54, 1.807) is 35.6 Å². The van der Waals surface area contributed by atoms with E-state index in [4.69, 9.17) is 0 Å². The topological polar surface area (TPSA) is 79.3 Å². The van der Waals surface area contributed by atoms with Gasteiger partial charge < -0.3 is 10.4 Å². The molecule has 0 fully saturated rings. The van der Waals surface area contributed by atoms with Crippen molar-refractivity contribution in [3.05, 3.63) is 136 Å². The highest BCUT2D eigenvalue weighted by atomic mass is 32.1. The van der Waals surface area contributed by atoms with Crippen LogP contribution in [0.15, 0.2) is 109 Å². The number of thiophene rings is 1. The zero-order chi connectivity index (χ0) is 27.6. The molecule has 1 amide bonds. The number of rotatable bonds is 7. The summed E-state index contributed by atoms with van der Waals surface area (Å²) in [5.41, 5.74) is 6.83. The van der Waals surface area contributed by atoms with Crippen molar-refractivity contribution in [1.29, 1.82) is 0 Å². The third-order valence-electron chi connectivity index (χ3n) is 7.15. The molecule has 0 bridgehead atoms. The average molecular weight is 543 g/mol. The number of carbonyl (C=O) groups excluding carboxylic acids is 1. The Morgan fingerprint density at radius 2 is 1.65 bits per heavy atom. The predicted octanol–water partition coefficient (Wildman–Crippen LogP) is 7.90. The quantitative estimate of drug-likeness (QED) is 0.215. The van der Waals surface area contributed by atoms with Gasteiger partial charge in [-0.05, 0) is 76.5 Å². The molecular formula is C34H26N2O3S. The van der Waals surface area contributed by atoms with Crippen LogP contribution in [-0.4, -0.2) is 22.0 Å². The molecule has 6 aromatic rings. The van der Waals surface area contributed by atoms with Gasteiger partial charge in [0.25, 0.3) is 5.91 Å². The Morgan fingerprint density at radius 1 is 0.900 bits per heavy atom. The van der Waals surface area contributed by atoms with E-state index in [0.29, 0.717) is 12.0 Å².